The second kappa shape index (κ2) is 6.62. The van der Waals surface area contributed by atoms with E-state index in [1.54, 1.807) is 37.6 Å². The minimum absolute atomic E-state index is 0.476. The van der Waals surface area contributed by atoms with Gasteiger partial charge in [0.05, 0.1) is 30.4 Å². The van der Waals surface area contributed by atoms with Gasteiger partial charge in [0.1, 0.15) is 5.75 Å². The summed E-state index contributed by atoms with van der Waals surface area (Å²) in [4.78, 5) is 3.16. The van der Waals surface area contributed by atoms with Gasteiger partial charge in [-0.15, -0.1) is 0 Å². The molecule has 0 bridgehead atoms. The first-order chi connectivity index (χ1) is 11.7. The van der Waals surface area contributed by atoms with Crippen molar-refractivity contribution in [1.29, 1.82) is 10.5 Å². The van der Waals surface area contributed by atoms with Gasteiger partial charge < -0.3 is 9.72 Å². The fourth-order valence-corrected chi connectivity index (χ4v) is 2.89. The molecular weight excluding hydrogens is 366 g/mol. The highest BCUT2D eigenvalue weighted by molar-refractivity contribution is 9.10. The average Bonchev–Trinajstić information content (AvgIpc) is 3.02. The van der Waals surface area contributed by atoms with Crippen LogP contribution in [0.1, 0.15) is 16.7 Å². The summed E-state index contributed by atoms with van der Waals surface area (Å²) in [5, 5.41) is 19.9. The number of aromatic nitrogens is 1. The van der Waals surface area contributed by atoms with E-state index in [1.807, 2.05) is 18.2 Å². The number of nitrogens with one attached hydrogen (secondary N) is 1. The highest BCUT2D eigenvalue weighted by atomic mass is 79.9. The number of methoxy groups -OCH3 is 1. The SMILES string of the molecule is COc1ccc(C#N)c(C=C(C#N)c2c[nH]c3ccc(Br)cc23)c1. The number of hydrogen-bond acceptors (Lipinski definition) is 3. The summed E-state index contributed by atoms with van der Waals surface area (Å²) < 4.78 is 6.15. The molecule has 0 atom stereocenters. The molecule has 3 aromatic rings. The molecule has 5 heteroatoms. The van der Waals surface area contributed by atoms with Crippen LogP contribution < -0.4 is 4.74 Å². The topological polar surface area (TPSA) is 72.6 Å². The zero-order chi connectivity index (χ0) is 17.1. The summed E-state index contributed by atoms with van der Waals surface area (Å²) in [5.41, 5.74) is 3.35. The fraction of sp³-hybridized carbons (Fsp3) is 0.0526. The van der Waals surface area contributed by atoms with Crippen LogP contribution in [-0.4, -0.2) is 12.1 Å². The van der Waals surface area contributed by atoms with Crippen LogP contribution in [0, 0.1) is 22.7 Å². The molecule has 0 aliphatic heterocycles. The molecule has 0 aliphatic carbocycles. The summed E-state index contributed by atoms with van der Waals surface area (Å²) in [5.74, 6) is 0.638. The van der Waals surface area contributed by atoms with Gasteiger partial charge in [-0.25, -0.2) is 0 Å². The van der Waals surface area contributed by atoms with Gasteiger partial charge in [-0.2, -0.15) is 10.5 Å². The molecule has 3 rings (SSSR count). The van der Waals surface area contributed by atoms with Crippen molar-refractivity contribution < 1.29 is 4.74 Å². The van der Waals surface area contributed by atoms with Crippen LogP contribution in [0.2, 0.25) is 0 Å². The van der Waals surface area contributed by atoms with Gasteiger partial charge in [0.15, 0.2) is 0 Å². The molecule has 0 saturated carbocycles. The molecular formula is C19H12BrN3O. The maximum absolute atomic E-state index is 9.62. The molecule has 0 unspecified atom stereocenters. The predicted octanol–water partition coefficient (Wildman–Crippen LogP) is 4.87. The van der Waals surface area contributed by atoms with E-state index >= 15 is 0 Å². The fourth-order valence-electron chi connectivity index (χ4n) is 2.53. The van der Waals surface area contributed by atoms with Gasteiger partial charge >= 0.3 is 0 Å². The normalized spacial score (nSPS) is 11.1. The van der Waals surface area contributed by atoms with Crippen molar-refractivity contribution in [2.45, 2.75) is 0 Å². The first kappa shape index (κ1) is 15.9. The Morgan fingerprint density at radius 2 is 2.04 bits per heavy atom. The highest BCUT2D eigenvalue weighted by Gasteiger charge is 2.11. The Morgan fingerprint density at radius 1 is 1.21 bits per heavy atom. The first-order valence-corrected chi connectivity index (χ1v) is 7.92. The molecule has 0 amide bonds. The van der Waals surface area contributed by atoms with Crippen LogP contribution in [0.5, 0.6) is 5.75 Å². The molecule has 1 N–H and O–H groups in total. The number of ether oxygens (including phenoxy) is 1. The van der Waals surface area contributed by atoms with E-state index in [0.717, 1.165) is 20.9 Å². The molecule has 116 valence electrons. The maximum Gasteiger partial charge on any atom is 0.119 e. The first-order valence-electron chi connectivity index (χ1n) is 7.13. The number of nitriles is 2. The van der Waals surface area contributed by atoms with Gasteiger partial charge in [-0.3, -0.25) is 0 Å². The van der Waals surface area contributed by atoms with Gasteiger partial charge in [0.2, 0.25) is 0 Å². The van der Waals surface area contributed by atoms with Crippen LogP contribution in [0.3, 0.4) is 0 Å². The Labute approximate surface area is 147 Å². The standard InChI is InChI=1S/C19H12BrN3O/c1-24-16-4-2-12(9-21)13(7-16)6-14(10-22)18-11-23-19-5-3-15(20)8-17(18)19/h2-8,11,23H,1H3. The molecule has 1 aromatic heterocycles. The lowest BCUT2D eigenvalue weighted by Gasteiger charge is -2.04. The van der Waals surface area contributed by atoms with Crippen LogP contribution >= 0.6 is 15.9 Å². The number of H-pyrrole nitrogens is 1. The van der Waals surface area contributed by atoms with Crippen molar-refractivity contribution >= 4 is 38.5 Å². The van der Waals surface area contributed by atoms with Crippen LogP contribution in [0.15, 0.2) is 47.1 Å². The zero-order valence-corrected chi connectivity index (χ0v) is 14.4. The molecule has 0 fully saturated rings. The Hall–Kier alpha value is -3.02. The van der Waals surface area contributed by atoms with Gasteiger partial charge in [-0.05, 0) is 48.0 Å². The molecule has 0 spiro atoms. The van der Waals surface area contributed by atoms with Crippen LogP contribution in [0.4, 0.5) is 0 Å². The lowest BCUT2D eigenvalue weighted by Crippen LogP contribution is -1.88. The van der Waals surface area contributed by atoms with E-state index in [1.165, 1.54) is 0 Å². The summed E-state index contributed by atoms with van der Waals surface area (Å²) in [6.45, 7) is 0. The highest BCUT2D eigenvalue weighted by Crippen LogP contribution is 2.30. The average molecular weight is 378 g/mol. The number of benzene rings is 2. The van der Waals surface area contributed by atoms with Gasteiger partial charge in [-0.1, -0.05) is 15.9 Å². The summed E-state index contributed by atoms with van der Waals surface area (Å²) in [7, 11) is 1.57. The lowest BCUT2D eigenvalue weighted by atomic mass is 10.0. The molecule has 0 radical (unpaired) electrons. The van der Waals surface area contributed by atoms with Gasteiger partial charge in [0, 0.05) is 27.1 Å². The van der Waals surface area contributed by atoms with Crippen molar-refractivity contribution in [3.8, 4) is 17.9 Å². The molecule has 2 aromatic carbocycles. The van der Waals surface area contributed by atoms with Crippen molar-refractivity contribution in [2.24, 2.45) is 0 Å². The summed E-state index contributed by atoms with van der Waals surface area (Å²) in [6, 6.07) is 15.4. The Balaban J connectivity index is 2.19. The number of fused-ring (bicyclic) bond motifs is 1. The number of hydrogen-bond donors (Lipinski definition) is 1. The van der Waals surface area contributed by atoms with E-state index in [9.17, 15) is 10.5 Å². The number of rotatable bonds is 3. The number of allylic oxidation sites excluding steroid dienone is 1. The number of aromatic amines is 1. The lowest BCUT2D eigenvalue weighted by molar-refractivity contribution is 0.414. The summed E-state index contributed by atoms with van der Waals surface area (Å²) in [6.07, 6.45) is 3.52. The second-order valence-electron chi connectivity index (χ2n) is 5.13. The quantitative estimate of drug-likeness (QED) is 0.661. The molecule has 0 saturated heterocycles. The van der Waals surface area contributed by atoms with Crippen molar-refractivity contribution in [1.82, 2.24) is 4.98 Å². The molecule has 0 aliphatic rings. The molecule has 1 heterocycles. The largest absolute Gasteiger partial charge is 0.497 e. The van der Waals surface area contributed by atoms with E-state index < -0.39 is 0 Å². The van der Waals surface area contributed by atoms with Crippen molar-refractivity contribution in [3.05, 3.63) is 63.8 Å². The third kappa shape index (κ3) is 2.90. The van der Waals surface area contributed by atoms with Crippen LogP contribution in [-0.2, 0) is 0 Å². The maximum atomic E-state index is 9.62. The Bertz CT molecular complexity index is 1030. The van der Waals surface area contributed by atoms with E-state index in [0.29, 0.717) is 22.4 Å². The minimum Gasteiger partial charge on any atom is -0.497 e. The smallest absolute Gasteiger partial charge is 0.119 e. The molecule has 4 nitrogen and oxygen atoms in total. The second-order valence-corrected chi connectivity index (χ2v) is 6.04. The van der Waals surface area contributed by atoms with E-state index in [4.69, 9.17) is 4.74 Å². The zero-order valence-electron chi connectivity index (χ0n) is 12.8. The third-order valence-corrected chi connectivity index (χ3v) is 4.23. The minimum atomic E-state index is 0.476. The predicted molar refractivity (Wildman–Crippen MR) is 97.2 cm³/mol. The summed E-state index contributed by atoms with van der Waals surface area (Å²) >= 11 is 3.45. The van der Waals surface area contributed by atoms with Crippen molar-refractivity contribution in [2.75, 3.05) is 7.11 Å². The van der Waals surface area contributed by atoms with Crippen molar-refractivity contribution in [3.63, 3.8) is 0 Å². The van der Waals surface area contributed by atoms with E-state index in [2.05, 4.69) is 33.1 Å². The Kier molecular flexibility index (Phi) is 4.37. The third-order valence-electron chi connectivity index (χ3n) is 3.73. The number of halogens is 1. The molecule has 24 heavy (non-hydrogen) atoms. The van der Waals surface area contributed by atoms with E-state index in [-0.39, 0.29) is 0 Å². The number of nitrogens with zero attached hydrogens (tertiary/aromatic N) is 2. The monoisotopic (exact) mass is 377 g/mol. The van der Waals surface area contributed by atoms with Crippen LogP contribution in [0.25, 0.3) is 22.6 Å². The Morgan fingerprint density at radius 3 is 2.75 bits per heavy atom. The van der Waals surface area contributed by atoms with Gasteiger partial charge in [0.25, 0.3) is 0 Å².